The first kappa shape index (κ1) is 16.6. The first-order valence-corrected chi connectivity index (χ1v) is 6.71. The van der Waals surface area contributed by atoms with Crippen LogP contribution in [0.2, 0.25) is 0 Å². The van der Waals surface area contributed by atoms with Crippen molar-refractivity contribution >= 4 is 0 Å². The van der Waals surface area contributed by atoms with Gasteiger partial charge >= 0.3 is 0 Å². The van der Waals surface area contributed by atoms with E-state index in [1.807, 2.05) is 6.92 Å². The Morgan fingerprint density at radius 1 is 1.41 bits per heavy atom. The lowest BCUT2D eigenvalue weighted by atomic mass is 9.94. The highest BCUT2D eigenvalue weighted by Crippen LogP contribution is 2.13. The molecule has 0 amide bonds. The Kier molecular flexibility index (Phi) is 9.41. The van der Waals surface area contributed by atoms with Crippen molar-refractivity contribution in [3.63, 3.8) is 0 Å². The Hall–Kier alpha value is -0.380. The van der Waals surface area contributed by atoms with Crippen LogP contribution < -0.4 is 11.1 Å². The van der Waals surface area contributed by atoms with Crippen molar-refractivity contribution in [3.05, 3.63) is 12.2 Å². The molecule has 0 saturated heterocycles. The minimum Gasteiger partial charge on any atom is -0.376 e. The average Bonchev–Trinajstić information content (AvgIpc) is 2.28. The van der Waals surface area contributed by atoms with Crippen molar-refractivity contribution in [2.45, 2.75) is 52.0 Å². The Morgan fingerprint density at radius 2 is 2.12 bits per heavy atom. The van der Waals surface area contributed by atoms with Crippen LogP contribution in [0, 0.1) is 0 Å². The van der Waals surface area contributed by atoms with E-state index < -0.39 is 0 Å². The lowest BCUT2D eigenvalue weighted by Gasteiger charge is -2.29. The van der Waals surface area contributed by atoms with Gasteiger partial charge in [0.05, 0.1) is 13.2 Å². The van der Waals surface area contributed by atoms with Crippen LogP contribution in [0.3, 0.4) is 0 Å². The topological polar surface area (TPSA) is 47.3 Å². The van der Waals surface area contributed by atoms with Gasteiger partial charge in [0, 0.05) is 18.6 Å². The molecule has 3 N–H and O–H groups in total. The Bertz CT molecular complexity index is 206. The standard InChI is InChI=1S/C14H30N2O/c1-5-6-7-8-14(4,12-15)16-9-10-17-11-13(2)3/h16H,2,5-12,15H2,1,3-4H3. The predicted octanol–water partition coefficient (Wildman–Crippen LogP) is 2.47. The zero-order chi connectivity index (χ0) is 13.1. The molecule has 0 aromatic heterocycles. The van der Waals surface area contributed by atoms with Crippen LogP contribution >= 0.6 is 0 Å². The lowest BCUT2D eigenvalue weighted by molar-refractivity contribution is 0.148. The summed E-state index contributed by atoms with van der Waals surface area (Å²) >= 11 is 0. The van der Waals surface area contributed by atoms with Gasteiger partial charge in [0.15, 0.2) is 0 Å². The smallest absolute Gasteiger partial charge is 0.0672 e. The summed E-state index contributed by atoms with van der Waals surface area (Å²) in [6.45, 7) is 13.1. The van der Waals surface area contributed by atoms with E-state index >= 15 is 0 Å². The summed E-state index contributed by atoms with van der Waals surface area (Å²) in [5.74, 6) is 0. The molecule has 17 heavy (non-hydrogen) atoms. The van der Waals surface area contributed by atoms with Crippen LogP contribution in [0.5, 0.6) is 0 Å². The number of nitrogens with two attached hydrogens (primary N) is 1. The molecule has 0 rings (SSSR count). The number of unbranched alkanes of at least 4 members (excludes halogenated alkanes) is 2. The van der Waals surface area contributed by atoms with Crippen molar-refractivity contribution in [3.8, 4) is 0 Å². The monoisotopic (exact) mass is 242 g/mol. The summed E-state index contributed by atoms with van der Waals surface area (Å²) in [6, 6.07) is 0. The Morgan fingerprint density at radius 3 is 2.65 bits per heavy atom. The van der Waals surface area contributed by atoms with Crippen LogP contribution in [0.25, 0.3) is 0 Å². The maximum atomic E-state index is 5.83. The van der Waals surface area contributed by atoms with Crippen molar-refractivity contribution in [1.82, 2.24) is 5.32 Å². The molecule has 3 nitrogen and oxygen atoms in total. The zero-order valence-corrected chi connectivity index (χ0v) is 11.8. The molecular weight excluding hydrogens is 212 g/mol. The minimum absolute atomic E-state index is 0.0573. The van der Waals surface area contributed by atoms with Crippen molar-refractivity contribution < 1.29 is 4.74 Å². The molecular formula is C14H30N2O. The van der Waals surface area contributed by atoms with Crippen LogP contribution in [-0.4, -0.2) is 31.8 Å². The fourth-order valence-corrected chi connectivity index (χ4v) is 1.70. The average molecular weight is 242 g/mol. The van der Waals surface area contributed by atoms with E-state index in [1.54, 1.807) is 0 Å². The number of hydrogen-bond donors (Lipinski definition) is 2. The summed E-state index contributed by atoms with van der Waals surface area (Å²) in [5.41, 5.74) is 6.96. The fourth-order valence-electron chi connectivity index (χ4n) is 1.70. The lowest BCUT2D eigenvalue weighted by Crippen LogP contribution is -2.49. The second kappa shape index (κ2) is 9.63. The van der Waals surface area contributed by atoms with Crippen molar-refractivity contribution in [2.24, 2.45) is 5.73 Å². The van der Waals surface area contributed by atoms with Gasteiger partial charge in [0.1, 0.15) is 0 Å². The number of rotatable bonds is 11. The highest BCUT2D eigenvalue weighted by molar-refractivity contribution is 4.87. The third kappa shape index (κ3) is 9.33. The van der Waals surface area contributed by atoms with E-state index in [2.05, 4.69) is 25.7 Å². The molecule has 0 saturated carbocycles. The molecule has 0 spiro atoms. The normalized spacial score (nSPS) is 14.6. The molecule has 0 aliphatic rings. The van der Waals surface area contributed by atoms with Gasteiger partial charge in [-0.3, -0.25) is 0 Å². The summed E-state index contributed by atoms with van der Waals surface area (Å²) in [4.78, 5) is 0. The number of ether oxygens (including phenoxy) is 1. The maximum absolute atomic E-state index is 5.83. The molecule has 0 radical (unpaired) electrons. The number of nitrogens with one attached hydrogen (secondary N) is 1. The maximum Gasteiger partial charge on any atom is 0.0672 e. The van der Waals surface area contributed by atoms with Gasteiger partial charge in [0.25, 0.3) is 0 Å². The van der Waals surface area contributed by atoms with Gasteiger partial charge in [0.2, 0.25) is 0 Å². The Labute approximate surface area is 107 Å². The van der Waals surface area contributed by atoms with Crippen molar-refractivity contribution in [1.29, 1.82) is 0 Å². The van der Waals surface area contributed by atoms with Gasteiger partial charge in [-0.15, -0.1) is 0 Å². The second-order valence-electron chi connectivity index (χ2n) is 5.16. The molecule has 0 heterocycles. The van der Waals surface area contributed by atoms with Gasteiger partial charge in [-0.25, -0.2) is 0 Å². The zero-order valence-electron chi connectivity index (χ0n) is 11.8. The van der Waals surface area contributed by atoms with Crippen LogP contribution in [0.1, 0.15) is 46.5 Å². The first-order chi connectivity index (χ1) is 8.04. The molecule has 1 atom stereocenters. The van der Waals surface area contributed by atoms with E-state index in [0.717, 1.165) is 25.1 Å². The molecule has 0 aliphatic carbocycles. The SMILES string of the molecule is C=C(C)COCCNC(C)(CN)CCCCC. The van der Waals surface area contributed by atoms with Gasteiger partial charge in [-0.05, 0) is 20.3 Å². The highest BCUT2D eigenvalue weighted by Gasteiger charge is 2.20. The van der Waals surface area contributed by atoms with Crippen LogP contribution in [0.15, 0.2) is 12.2 Å². The molecule has 0 aromatic carbocycles. The highest BCUT2D eigenvalue weighted by atomic mass is 16.5. The van der Waals surface area contributed by atoms with Crippen LogP contribution in [-0.2, 0) is 4.74 Å². The first-order valence-electron chi connectivity index (χ1n) is 6.71. The second-order valence-corrected chi connectivity index (χ2v) is 5.16. The molecule has 0 bridgehead atoms. The Balaban J connectivity index is 3.67. The van der Waals surface area contributed by atoms with Crippen molar-refractivity contribution in [2.75, 3.05) is 26.3 Å². The van der Waals surface area contributed by atoms with E-state index in [9.17, 15) is 0 Å². The fraction of sp³-hybridized carbons (Fsp3) is 0.857. The van der Waals surface area contributed by atoms with Gasteiger partial charge in [-0.1, -0.05) is 38.3 Å². The molecule has 0 aromatic rings. The largest absolute Gasteiger partial charge is 0.376 e. The minimum atomic E-state index is 0.0573. The van der Waals surface area contributed by atoms with E-state index in [-0.39, 0.29) is 5.54 Å². The van der Waals surface area contributed by atoms with E-state index in [1.165, 1.54) is 19.3 Å². The third-order valence-corrected chi connectivity index (χ3v) is 2.93. The van der Waals surface area contributed by atoms with Gasteiger partial charge < -0.3 is 15.8 Å². The molecule has 3 heteroatoms. The molecule has 0 fully saturated rings. The third-order valence-electron chi connectivity index (χ3n) is 2.93. The number of hydrogen-bond acceptors (Lipinski definition) is 3. The predicted molar refractivity (Wildman–Crippen MR) is 75.2 cm³/mol. The van der Waals surface area contributed by atoms with E-state index in [4.69, 9.17) is 10.5 Å². The molecule has 1 unspecified atom stereocenters. The summed E-state index contributed by atoms with van der Waals surface area (Å²) < 4.78 is 5.46. The van der Waals surface area contributed by atoms with E-state index in [0.29, 0.717) is 13.2 Å². The van der Waals surface area contributed by atoms with Gasteiger partial charge in [-0.2, -0.15) is 0 Å². The summed E-state index contributed by atoms with van der Waals surface area (Å²) in [5, 5.41) is 3.50. The molecule has 0 aliphatic heterocycles. The summed E-state index contributed by atoms with van der Waals surface area (Å²) in [7, 11) is 0. The van der Waals surface area contributed by atoms with Crippen LogP contribution in [0.4, 0.5) is 0 Å². The molecule has 102 valence electrons. The summed E-state index contributed by atoms with van der Waals surface area (Å²) in [6.07, 6.45) is 4.91. The quantitative estimate of drug-likeness (QED) is 0.432.